The van der Waals surface area contributed by atoms with Crippen LogP contribution in [0, 0.1) is 5.92 Å². The normalized spacial score (nSPS) is 13.1. The van der Waals surface area contributed by atoms with Crippen LogP contribution in [0.15, 0.2) is 22.7 Å². The first kappa shape index (κ1) is 17.5. The number of likely N-dealkylation sites (N-methyl/N-ethyl adjacent to an activating group) is 1. The number of benzene rings is 1. The Balaban J connectivity index is 3.05. The van der Waals surface area contributed by atoms with Crippen LogP contribution in [-0.2, 0) is 0 Å². The van der Waals surface area contributed by atoms with Gasteiger partial charge < -0.3 is 15.5 Å². The molecule has 114 valence electrons. The van der Waals surface area contributed by atoms with Gasteiger partial charge in [0.15, 0.2) is 0 Å². The third-order valence-corrected chi connectivity index (χ3v) is 3.72. The van der Waals surface area contributed by atoms with Crippen molar-refractivity contribution in [1.29, 1.82) is 0 Å². The lowest BCUT2D eigenvalue weighted by Crippen LogP contribution is -2.35. The maximum Gasteiger partial charge on any atom is 0.0415 e. The summed E-state index contributed by atoms with van der Waals surface area (Å²) >= 11 is 3.54. The zero-order valence-corrected chi connectivity index (χ0v) is 14.9. The molecule has 0 bridgehead atoms. The van der Waals surface area contributed by atoms with E-state index in [0.717, 1.165) is 24.1 Å². The highest BCUT2D eigenvalue weighted by molar-refractivity contribution is 9.10. The van der Waals surface area contributed by atoms with Gasteiger partial charge in [0.2, 0.25) is 0 Å². The first-order valence-corrected chi connectivity index (χ1v) is 8.05. The van der Waals surface area contributed by atoms with E-state index in [9.17, 15) is 0 Å². The fourth-order valence-corrected chi connectivity index (χ4v) is 2.63. The molecule has 3 nitrogen and oxygen atoms in total. The highest BCUT2D eigenvalue weighted by Crippen LogP contribution is 2.29. The molecular formula is C16H28BrN3. The van der Waals surface area contributed by atoms with Crippen molar-refractivity contribution in [2.75, 3.05) is 38.6 Å². The molecule has 0 amide bonds. The second-order valence-corrected chi connectivity index (χ2v) is 7.05. The van der Waals surface area contributed by atoms with Crippen LogP contribution >= 0.6 is 15.9 Å². The molecule has 0 heterocycles. The van der Waals surface area contributed by atoms with Crippen molar-refractivity contribution < 1.29 is 0 Å². The fourth-order valence-electron chi connectivity index (χ4n) is 2.25. The van der Waals surface area contributed by atoms with E-state index in [2.05, 4.69) is 71.9 Å². The van der Waals surface area contributed by atoms with Gasteiger partial charge in [-0.05, 0) is 50.7 Å². The summed E-state index contributed by atoms with van der Waals surface area (Å²) in [5.41, 5.74) is 8.62. The second-order valence-electron chi connectivity index (χ2n) is 6.13. The van der Waals surface area contributed by atoms with Gasteiger partial charge in [-0.1, -0.05) is 29.8 Å². The van der Waals surface area contributed by atoms with Crippen molar-refractivity contribution in [1.82, 2.24) is 4.90 Å². The van der Waals surface area contributed by atoms with Gasteiger partial charge in [0, 0.05) is 35.8 Å². The molecule has 0 saturated heterocycles. The van der Waals surface area contributed by atoms with Gasteiger partial charge >= 0.3 is 0 Å². The van der Waals surface area contributed by atoms with Crippen LogP contribution in [0.25, 0.3) is 0 Å². The highest BCUT2D eigenvalue weighted by atomic mass is 79.9. The molecule has 0 radical (unpaired) electrons. The van der Waals surface area contributed by atoms with Crippen molar-refractivity contribution in [2.45, 2.75) is 26.8 Å². The molecule has 4 heteroatoms. The van der Waals surface area contributed by atoms with Crippen molar-refractivity contribution in [2.24, 2.45) is 11.7 Å². The summed E-state index contributed by atoms with van der Waals surface area (Å²) < 4.78 is 1.09. The molecule has 1 unspecified atom stereocenters. The molecule has 1 aromatic carbocycles. The van der Waals surface area contributed by atoms with Crippen molar-refractivity contribution in [3.63, 3.8) is 0 Å². The summed E-state index contributed by atoms with van der Waals surface area (Å²) in [6.07, 6.45) is 0. The van der Waals surface area contributed by atoms with Crippen LogP contribution in [0.2, 0.25) is 0 Å². The molecule has 0 aromatic heterocycles. The Hall–Kier alpha value is -0.580. The maximum absolute atomic E-state index is 6.15. The molecule has 0 spiro atoms. The molecule has 0 aliphatic rings. The fraction of sp³-hybridized carbons (Fsp3) is 0.625. The van der Waals surface area contributed by atoms with Gasteiger partial charge in [-0.3, -0.25) is 0 Å². The maximum atomic E-state index is 6.15. The molecular weight excluding hydrogens is 314 g/mol. The third-order valence-electron chi connectivity index (χ3n) is 3.22. The number of hydrogen-bond donors (Lipinski definition) is 1. The van der Waals surface area contributed by atoms with Crippen molar-refractivity contribution >= 4 is 21.6 Å². The minimum absolute atomic E-state index is 0.0384. The minimum Gasteiger partial charge on any atom is -0.370 e. The number of nitrogens with zero attached hydrogens (tertiary/aromatic N) is 2. The molecule has 0 aliphatic heterocycles. The third kappa shape index (κ3) is 5.43. The van der Waals surface area contributed by atoms with Gasteiger partial charge in [0.25, 0.3) is 0 Å². The average Bonchev–Trinajstić information content (AvgIpc) is 2.33. The number of hydrogen-bond acceptors (Lipinski definition) is 3. The van der Waals surface area contributed by atoms with Crippen LogP contribution < -0.4 is 10.6 Å². The highest BCUT2D eigenvalue weighted by Gasteiger charge is 2.15. The Bertz CT molecular complexity index is 416. The van der Waals surface area contributed by atoms with Gasteiger partial charge in [-0.15, -0.1) is 0 Å². The van der Waals surface area contributed by atoms with E-state index in [0.29, 0.717) is 5.92 Å². The lowest BCUT2D eigenvalue weighted by Gasteiger charge is -2.31. The predicted molar refractivity (Wildman–Crippen MR) is 92.3 cm³/mol. The van der Waals surface area contributed by atoms with E-state index in [4.69, 9.17) is 5.73 Å². The number of rotatable bonds is 7. The zero-order chi connectivity index (χ0) is 15.3. The minimum atomic E-state index is 0.0384. The van der Waals surface area contributed by atoms with Gasteiger partial charge in [-0.25, -0.2) is 0 Å². The van der Waals surface area contributed by atoms with Gasteiger partial charge in [0.05, 0.1) is 0 Å². The smallest absolute Gasteiger partial charge is 0.0415 e. The standard InChI is InChI=1S/C16H28BrN3/c1-12(2)11-20(9-8-19(4)5)16-7-6-14(17)10-15(16)13(3)18/h6-7,10,12-13H,8-9,11,18H2,1-5H3. The summed E-state index contributed by atoms with van der Waals surface area (Å²) in [5, 5.41) is 0. The van der Waals surface area contributed by atoms with E-state index in [-0.39, 0.29) is 6.04 Å². The quantitative estimate of drug-likeness (QED) is 0.823. The van der Waals surface area contributed by atoms with Crippen LogP contribution in [0.4, 0.5) is 5.69 Å². The summed E-state index contributed by atoms with van der Waals surface area (Å²) in [5.74, 6) is 0.627. The van der Waals surface area contributed by atoms with E-state index < -0.39 is 0 Å². The second kappa shape index (κ2) is 8.01. The molecule has 0 aliphatic carbocycles. The van der Waals surface area contributed by atoms with E-state index >= 15 is 0 Å². The SMILES string of the molecule is CC(C)CN(CCN(C)C)c1ccc(Br)cc1C(C)N. The Kier molecular flexibility index (Phi) is 7.00. The van der Waals surface area contributed by atoms with Crippen LogP contribution in [0.1, 0.15) is 32.4 Å². The zero-order valence-electron chi connectivity index (χ0n) is 13.4. The van der Waals surface area contributed by atoms with Crippen molar-refractivity contribution in [3.05, 3.63) is 28.2 Å². The van der Waals surface area contributed by atoms with Crippen LogP contribution in [0.3, 0.4) is 0 Å². The first-order chi connectivity index (χ1) is 9.31. The first-order valence-electron chi connectivity index (χ1n) is 7.26. The Labute approximate surface area is 132 Å². The Morgan fingerprint density at radius 1 is 1.15 bits per heavy atom. The summed E-state index contributed by atoms with van der Waals surface area (Å²) in [7, 11) is 4.23. The Morgan fingerprint density at radius 3 is 2.30 bits per heavy atom. The molecule has 1 rings (SSSR count). The van der Waals surface area contributed by atoms with Gasteiger partial charge in [0.1, 0.15) is 0 Å². The number of halogens is 1. The number of nitrogens with two attached hydrogens (primary N) is 1. The summed E-state index contributed by atoms with van der Waals surface area (Å²) in [6, 6.07) is 6.46. The monoisotopic (exact) mass is 341 g/mol. The van der Waals surface area contributed by atoms with Crippen molar-refractivity contribution in [3.8, 4) is 0 Å². The predicted octanol–water partition coefficient (Wildman–Crippen LogP) is 3.49. The largest absolute Gasteiger partial charge is 0.370 e. The number of anilines is 1. The summed E-state index contributed by atoms with van der Waals surface area (Å²) in [6.45, 7) is 9.67. The van der Waals surface area contributed by atoms with E-state index in [1.807, 2.05) is 6.92 Å². The van der Waals surface area contributed by atoms with E-state index in [1.54, 1.807) is 0 Å². The molecule has 1 atom stereocenters. The Morgan fingerprint density at radius 2 is 1.80 bits per heavy atom. The van der Waals surface area contributed by atoms with Crippen LogP contribution in [-0.4, -0.2) is 38.6 Å². The summed E-state index contributed by atoms with van der Waals surface area (Å²) in [4.78, 5) is 4.67. The molecule has 1 aromatic rings. The van der Waals surface area contributed by atoms with E-state index in [1.165, 1.54) is 11.3 Å². The van der Waals surface area contributed by atoms with Crippen LogP contribution in [0.5, 0.6) is 0 Å². The molecule has 0 fully saturated rings. The molecule has 0 saturated carbocycles. The van der Waals surface area contributed by atoms with Gasteiger partial charge in [-0.2, -0.15) is 0 Å². The molecule has 2 N–H and O–H groups in total. The average molecular weight is 342 g/mol. The molecule has 20 heavy (non-hydrogen) atoms. The lowest BCUT2D eigenvalue weighted by atomic mass is 10.0. The topological polar surface area (TPSA) is 32.5 Å². The lowest BCUT2D eigenvalue weighted by molar-refractivity contribution is 0.408.